The second kappa shape index (κ2) is 10.6. The SMILES string of the molecule is C=CCNC(=O)C(=O)N/N=C\c1cc(Cl)ccc1OCc1ccc(C(=O)[O-])cc1. The van der Waals surface area contributed by atoms with E-state index in [0.717, 1.165) is 5.56 Å². The van der Waals surface area contributed by atoms with Crippen LogP contribution in [0, 0.1) is 0 Å². The Morgan fingerprint density at radius 2 is 1.86 bits per heavy atom. The first-order chi connectivity index (χ1) is 13.9. The van der Waals surface area contributed by atoms with E-state index in [1.165, 1.54) is 24.4 Å². The normalized spacial score (nSPS) is 10.4. The topological polar surface area (TPSA) is 120 Å². The smallest absolute Gasteiger partial charge is 0.329 e. The van der Waals surface area contributed by atoms with Crippen LogP contribution in [-0.4, -0.2) is 30.5 Å². The molecule has 0 saturated heterocycles. The molecule has 0 radical (unpaired) electrons. The van der Waals surface area contributed by atoms with Gasteiger partial charge in [0.2, 0.25) is 0 Å². The summed E-state index contributed by atoms with van der Waals surface area (Å²) in [5.41, 5.74) is 3.38. The van der Waals surface area contributed by atoms with E-state index in [2.05, 4.69) is 22.4 Å². The van der Waals surface area contributed by atoms with Crippen LogP contribution in [-0.2, 0) is 16.2 Å². The molecule has 2 aromatic rings. The first-order valence-corrected chi connectivity index (χ1v) is 8.73. The fourth-order valence-corrected chi connectivity index (χ4v) is 2.29. The summed E-state index contributed by atoms with van der Waals surface area (Å²) in [6, 6.07) is 10.9. The monoisotopic (exact) mass is 414 g/mol. The number of carboxylic acids is 1. The van der Waals surface area contributed by atoms with Crippen LogP contribution in [0.25, 0.3) is 0 Å². The number of benzene rings is 2. The Labute approximate surface area is 171 Å². The molecule has 0 aliphatic rings. The number of carboxylic acid groups (broad SMARTS) is 1. The number of nitrogens with zero attached hydrogens (tertiary/aromatic N) is 1. The highest BCUT2D eigenvalue weighted by atomic mass is 35.5. The van der Waals surface area contributed by atoms with E-state index in [9.17, 15) is 19.5 Å². The molecule has 8 nitrogen and oxygen atoms in total. The third-order valence-corrected chi connectivity index (χ3v) is 3.77. The van der Waals surface area contributed by atoms with Gasteiger partial charge in [0.1, 0.15) is 12.4 Å². The van der Waals surface area contributed by atoms with Crippen LogP contribution >= 0.6 is 11.6 Å². The number of halogens is 1. The van der Waals surface area contributed by atoms with Crippen molar-refractivity contribution in [2.75, 3.05) is 6.54 Å². The molecule has 0 saturated carbocycles. The van der Waals surface area contributed by atoms with Gasteiger partial charge < -0.3 is 20.0 Å². The number of rotatable bonds is 8. The number of nitrogens with one attached hydrogen (secondary N) is 2. The molecule has 150 valence electrons. The molecular formula is C20H17ClN3O5-. The van der Waals surface area contributed by atoms with Gasteiger partial charge in [0.25, 0.3) is 0 Å². The molecule has 0 spiro atoms. The summed E-state index contributed by atoms with van der Waals surface area (Å²) < 4.78 is 5.72. The highest BCUT2D eigenvalue weighted by Gasteiger charge is 2.11. The van der Waals surface area contributed by atoms with E-state index in [0.29, 0.717) is 16.3 Å². The lowest BCUT2D eigenvalue weighted by Gasteiger charge is -2.10. The van der Waals surface area contributed by atoms with Crippen molar-refractivity contribution < 1.29 is 24.2 Å². The Balaban J connectivity index is 2.03. The number of carbonyl (C=O) groups is 3. The molecule has 0 bridgehead atoms. The Bertz CT molecular complexity index is 942. The van der Waals surface area contributed by atoms with Crippen LogP contribution in [0.3, 0.4) is 0 Å². The minimum absolute atomic E-state index is 0.0703. The van der Waals surface area contributed by atoms with Gasteiger partial charge in [0, 0.05) is 17.1 Å². The first-order valence-electron chi connectivity index (χ1n) is 8.35. The maximum atomic E-state index is 11.6. The second-order valence-electron chi connectivity index (χ2n) is 5.65. The summed E-state index contributed by atoms with van der Waals surface area (Å²) in [6.45, 7) is 3.75. The fourth-order valence-electron chi connectivity index (χ4n) is 2.11. The molecule has 0 aliphatic heterocycles. The van der Waals surface area contributed by atoms with E-state index >= 15 is 0 Å². The Morgan fingerprint density at radius 3 is 2.52 bits per heavy atom. The minimum Gasteiger partial charge on any atom is -0.545 e. The van der Waals surface area contributed by atoms with E-state index in [1.807, 2.05) is 0 Å². The van der Waals surface area contributed by atoms with Crippen molar-refractivity contribution in [2.24, 2.45) is 5.10 Å². The zero-order valence-electron chi connectivity index (χ0n) is 15.2. The predicted octanol–water partition coefficient (Wildman–Crippen LogP) is 1.03. The summed E-state index contributed by atoms with van der Waals surface area (Å²) in [4.78, 5) is 33.8. The Hall–Kier alpha value is -3.65. The van der Waals surface area contributed by atoms with Crippen LogP contribution in [0.4, 0.5) is 0 Å². The number of hydrazone groups is 1. The average Bonchev–Trinajstić information content (AvgIpc) is 2.71. The molecule has 0 unspecified atom stereocenters. The third kappa shape index (κ3) is 6.78. The number of hydrogen-bond acceptors (Lipinski definition) is 6. The molecule has 9 heteroatoms. The molecule has 0 aromatic heterocycles. The van der Waals surface area contributed by atoms with Crippen LogP contribution in [0.2, 0.25) is 5.02 Å². The van der Waals surface area contributed by atoms with Crippen molar-refractivity contribution in [2.45, 2.75) is 6.61 Å². The lowest BCUT2D eigenvalue weighted by Crippen LogP contribution is -2.37. The standard InChI is InChI=1S/C20H18ClN3O5/c1-2-9-22-18(25)19(26)24-23-11-15-10-16(21)7-8-17(15)29-12-13-3-5-14(6-4-13)20(27)28/h2-8,10-11H,1,9,12H2,(H,22,25)(H,24,26)(H,27,28)/p-1/b23-11-. The van der Waals surface area contributed by atoms with Crippen molar-refractivity contribution in [1.82, 2.24) is 10.7 Å². The number of carbonyl (C=O) groups excluding carboxylic acids is 3. The summed E-state index contributed by atoms with van der Waals surface area (Å²) in [5.74, 6) is -2.60. The highest BCUT2D eigenvalue weighted by Crippen LogP contribution is 2.22. The average molecular weight is 415 g/mol. The lowest BCUT2D eigenvalue weighted by molar-refractivity contribution is -0.255. The summed E-state index contributed by atoms with van der Waals surface area (Å²) in [5, 5.41) is 17.3. The van der Waals surface area contributed by atoms with Gasteiger partial charge in [-0.25, -0.2) is 5.43 Å². The molecular weight excluding hydrogens is 398 g/mol. The molecule has 0 atom stereocenters. The lowest BCUT2D eigenvalue weighted by atomic mass is 10.1. The molecule has 2 rings (SSSR count). The first kappa shape index (κ1) is 21.6. The zero-order chi connectivity index (χ0) is 21.2. The van der Waals surface area contributed by atoms with Gasteiger partial charge in [-0.3, -0.25) is 9.59 Å². The molecule has 0 aliphatic carbocycles. The number of ether oxygens (including phenoxy) is 1. The summed E-state index contributed by atoms with van der Waals surface area (Å²) in [7, 11) is 0. The van der Waals surface area contributed by atoms with Gasteiger partial charge in [0.15, 0.2) is 0 Å². The van der Waals surface area contributed by atoms with E-state index in [4.69, 9.17) is 16.3 Å². The summed E-state index contributed by atoms with van der Waals surface area (Å²) >= 11 is 5.99. The van der Waals surface area contributed by atoms with Gasteiger partial charge in [-0.1, -0.05) is 41.9 Å². The van der Waals surface area contributed by atoms with Gasteiger partial charge in [0.05, 0.1) is 12.2 Å². The van der Waals surface area contributed by atoms with Crippen molar-refractivity contribution >= 4 is 35.6 Å². The van der Waals surface area contributed by atoms with Gasteiger partial charge in [-0.2, -0.15) is 5.10 Å². The largest absolute Gasteiger partial charge is 0.545 e. The number of hydrogen-bond donors (Lipinski definition) is 2. The predicted molar refractivity (Wildman–Crippen MR) is 105 cm³/mol. The fraction of sp³-hybridized carbons (Fsp3) is 0.100. The molecule has 0 fully saturated rings. The van der Waals surface area contributed by atoms with Crippen LogP contribution in [0.1, 0.15) is 21.5 Å². The summed E-state index contributed by atoms with van der Waals surface area (Å²) in [6.07, 6.45) is 2.73. The highest BCUT2D eigenvalue weighted by molar-refractivity contribution is 6.35. The number of amides is 2. The van der Waals surface area contributed by atoms with Crippen LogP contribution < -0.4 is 20.6 Å². The van der Waals surface area contributed by atoms with E-state index in [-0.39, 0.29) is 18.7 Å². The molecule has 2 aromatic carbocycles. The van der Waals surface area contributed by atoms with Crippen molar-refractivity contribution in [1.29, 1.82) is 0 Å². The maximum Gasteiger partial charge on any atom is 0.329 e. The molecule has 0 heterocycles. The van der Waals surface area contributed by atoms with E-state index in [1.54, 1.807) is 30.3 Å². The van der Waals surface area contributed by atoms with Gasteiger partial charge in [-0.05, 0) is 29.3 Å². The Kier molecular flexibility index (Phi) is 7.93. The zero-order valence-corrected chi connectivity index (χ0v) is 15.9. The van der Waals surface area contributed by atoms with Gasteiger partial charge >= 0.3 is 11.8 Å². The molecule has 29 heavy (non-hydrogen) atoms. The van der Waals surface area contributed by atoms with Crippen molar-refractivity contribution in [3.8, 4) is 5.75 Å². The van der Waals surface area contributed by atoms with Crippen LogP contribution in [0.15, 0.2) is 60.2 Å². The molecule has 2 N–H and O–H groups in total. The van der Waals surface area contributed by atoms with E-state index < -0.39 is 17.8 Å². The van der Waals surface area contributed by atoms with Crippen LogP contribution in [0.5, 0.6) is 5.75 Å². The Morgan fingerprint density at radius 1 is 1.14 bits per heavy atom. The quantitative estimate of drug-likeness (QED) is 0.289. The molecule has 2 amide bonds. The second-order valence-corrected chi connectivity index (χ2v) is 6.09. The maximum absolute atomic E-state index is 11.6. The minimum atomic E-state index is -1.26. The van der Waals surface area contributed by atoms with Crippen molar-refractivity contribution in [3.63, 3.8) is 0 Å². The van der Waals surface area contributed by atoms with Gasteiger partial charge in [-0.15, -0.1) is 6.58 Å². The number of aromatic carboxylic acids is 1. The third-order valence-electron chi connectivity index (χ3n) is 3.54. The van der Waals surface area contributed by atoms with Crippen molar-refractivity contribution in [3.05, 3.63) is 76.8 Å².